The van der Waals surface area contributed by atoms with Gasteiger partial charge in [-0.15, -0.1) is 0 Å². The van der Waals surface area contributed by atoms with Crippen LogP contribution in [0.3, 0.4) is 0 Å². The van der Waals surface area contributed by atoms with Crippen molar-refractivity contribution in [2.45, 2.75) is 51.6 Å². The highest BCUT2D eigenvalue weighted by molar-refractivity contribution is 5.03. The smallest absolute Gasteiger partial charge is 0.0518 e. The Balaban J connectivity index is 1.70. The lowest BCUT2D eigenvalue weighted by atomic mass is 10.0. The van der Waals surface area contributed by atoms with Crippen molar-refractivity contribution in [2.24, 2.45) is 0 Å². The van der Waals surface area contributed by atoms with E-state index in [1.807, 2.05) is 12.3 Å². The summed E-state index contributed by atoms with van der Waals surface area (Å²) in [4.78, 5) is 2.60. The Morgan fingerprint density at radius 2 is 2.28 bits per heavy atom. The maximum Gasteiger partial charge on any atom is 0.0518 e. The van der Waals surface area contributed by atoms with E-state index in [4.69, 9.17) is 0 Å². The molecule has 0 amide bonds. The number of nitrogens with one attached hydrogen (secondary N) is 2. The number of aromatic amines is 1. The summed E-state index contributed by atoms with van der Waals surface area (Å²) >= 11 is 0. The molecule has 0 spiro atoms. The second-order valence-electron chi connectivity index (χ2n) is 5.37. The molecule has 1 atom stereocenters. The van der Waals surface area contributed by atoms with Crippen molar-refractivity contribution in [1.29, 1.82) is 0 Å². The Morgan fingerprint density at radius 1 is 1.50 bits per heavy atom. The van der Waals surface area contributed by atoms with Gasteiger partial charge in [0.2, 0.25) is 0 Å². The summed E-state index contributed by atoms with van der Waals surface area (Å²) in [6.07, 6.45) is 6.99. The Labute approximate surface area is 110 Å². The van der Waals surface area contributed by atoms with Crippen molar-refractivity contribution in [1.82, 2.24) is 20.4 Å². The molecule has 4 nitrogen and oxygen atoms in total. The number of hydrogen-bond donors (Lipinski definition) is 2. The maximum absolute atomic E-state index is 4.01. The molecule has 2 N–H and O–H groups in total. The van der Waals surface area contributed by atoms with Crippen LogP contribution in [-0.4, -0.2) is 40.8 Å². The molecule has 0 radical (unpaired) electrons. The lowest BCUT2D eigenvalue weighted by Gasteiger charge is -2.33. The predicted octanol–water partition coefficient (Wildman–Crippen LogP) is 2.32. The lowest BCUT2D eigenvalue weighted by Crippen LogP contribution is -2.43. The SMILES string of the molecule is CCCCN1CCC(NC(C)c2ccn[nH]2)CC1. The number of aromatic nitrogens is 2. The van der Waals surface area contributed by atoms with E-state index in [-0.39, 0.29) is 0 Å². The number of H-pyrrole nitrogens is 1. The second kappa shape index (κ2) is 6.90. The molecular formula is C14H26N4. The van der Waals surface area contributed by atoms with Crippen LogP contribution in [0.5, 0.6) is 0 Å². The van der Waals surface area contributed by atoms with E-state index in [1.165, 1.54) is 51.0 Å². The fourth-order valence-electron chi connectivity index (χ4n) is 2.66. The zero-order valence-electron chi connectivity index (χ0n) is 11.7. The third kappa shape index (κ3) is 3.82. The normalized spacial score (nSPS) is 20.1. The Bertz CT molecular complexity index is 315. The molecule has 1 aromatic rings. The van der Waals surface area contributed by atoms with Gasteiger partial charge in [0.15, 0.2) is 0 Å². The van der Waals surface area contributed by atoms with Crippen LogP contribution in [0.4, 0.5) is 0 Å². The first kappa shape index (κ1) is 13.6. The van der Waals surface area contributed by atoms with E-state index < -0.39 is 0 Å². The summed E-state index contributed by atoms with van der Waals surface area (Å²) in [5, 5.41) is 10.7. The van der Waals surface area contributed by atoms with E-state index >= 15 is 0 Å². The molecule has 0 aliphatic carbocycles. The zero-order valence-corrected chi connectivity index (χ0v) is 11.7. The molecule has 4 heteroatoms. The van der Waals surface area contributed by atoms with Gasteiger partial charge >= 0.3 is 0 Å². The van der Waals surface area contributed by atoms with Crippen LogP contribution in [0.2, 0.25) is 0 Å². The highest BCUT2D eigenvalue weighted by Crippen LogP contribution is 2.16. The standard InChI is InChI=1S/C14H26N4/c1-3-4-9-18-10-6-13(7-11-18)16-12(2)14-5-8-15-17-14/h5,8,12-13,16H,3-4,6-7,9-11H2,1-2H3,(H,15,17). The van der Waals surface area contributed by atoms with Gasteiger partial charge in [-0.1, -0.05) is 13.3 Å². The average molecular weight is 250 g/mol. The molecule has 0 saturated carbocycles. The van der Waals surface area contributed by atoms with Crippen molar-refractivity contribution < 1.29 is 0 Å². The molecule has 2 heterocycles. The van der Waals surface area contributed by atoms with Gasteiger partial charge in [-0.25, -0.2) is 0 Å². The van der Waals surface area contributed by atoms with Gasteiger partial charge < -0.3 is 10.2 Å². The third-order valence-corrected chi connectivity index (χ3v) is 3.89. The molecule has 0 aromatic carbocycles. The Kier molecular flexibility index (Phi) is 5.20. The van der Waals surface area contributed by atoms with Gasteiger partial charge in [0.1, 0.15) is 0 Å². The molecule has 1 saturated heterocycles. The average Bonchev–Trinajstić information content (AvgIpc) is 2.92. The van der Waals surface area contributed by atoms with Gasteiger partial charge in [-0.05, 0) is 51.9 Å². The molecule has 1 aromatic heterocycles. The van der Waals surface area contributed by atoms with E-state index in [1.54, 1.807) is 0 Å². The zero-order chi connectivity index (χ0) is 12.8. The van der Waals surface area contributed by atoms with Crippen LogP contribution >= 0.6 is 0 Å². The van der Waals surface area contributed by atoms with Gasteiger partial charge in [0, 0.05) is 18.3 Å². The van der Waals surface area contributed by atoms with Crippen molar-refractivity contribution in [3.8, 4) is 0 Å². The van der Waals surface area contributed by atoms with Gasteiger partial charge in [0.25, 0.3) is 0 Å². The molecular weight excluding hydrogens is 224 g/mol. The molecule has 2 rings (SSSR count). The Hall–Kier alpha value is -0.870. The van der Waals surface area contributed by atoms with E-state index in [2.05, 4.69) is 34.3 Å². The fraction of sp³-hybridized carbons (Fsp3) is 0.786. The number of hydrogen-bond acceptors (Lipinski definition) is 3. The number of likely N-dealkylation sites (tertiary alicyclic amines) is 1. The first-order chi connectivity index (χ1) is 8.79. The van der Waals surface area contributed by atoms with Crippen LogP contribution in [0.1, 0.15) is 51.3 Å². The highest BCUT2D eigenvalue weighted by Gasteiger charge is 2.20. The minimum atomic E-state index is 0.375. The summed E-state index contributed by atoms with van der Waals surface area (Å²) in [6.45, 7) is 8.23. The number of rotatable bonds is 6. The fourth-order valence-corrected chi connectivity index (χ4v) is 2.66. The first-order valence-corrected chi connectivity index (χ1v) is 7.27. The topological polar surface area (TPSA) is 44.0 Å². The van der Waals surface area contributed by atoms with Crippen LogP contribution in [0, 0.1) is 0 Å². The third-order valence-electron chi connectivity index (χ3n) is 3.89. The molecule has 102 valence electrons. The van der Waals surface area contributed by atoms with E-state index in [9.17, 15) is 0 Å². The number of nitrogens with zero attached hydrogens (tertiary/aromatic N) is 2. The monoisotopic (exact) mass is 250 g/mol. The predicted molar refractivity (Wildman–Crippen MR) is 74.5 cm³/mol. The van der Waals surface area contributed by atoms with Crippen LogP contribution in [0.15, 0.2) is 12.3 Å². The second-order valence-corrected chi connectivity index (χ2v) is 5.37. The summed E-state index contributed by atoms with van der Waals surface area (Å²) < 4.78 is 0. The maximum atomic E-state index is 4.01. The summed E-state index contributed by atoms with van der Waals surface area (Å²) in [6, 6.07) is 3.08. The molecule has 0 bridgehead atoms. The first-order valence-electron chi connectivity index (χ1n) is 7.27. The van der Waals surface area contributed by atoms with Crippen molar-refractivity contribution >= 4 is 0 Å². The Morgan fingerprint density at radius 3 is 2.89 bits per heavy atom. The van der Waals surface area contributed by atoms with Crippen LogP contribution in [0.25, 0.3) is 0 Å². The molecule has 18 heavy (non-hydrogen) atoms. The van der Waals surface area contributed by atoms with E-state index in [0.29, 0.717) is 12.1 Å². The van der Waals surface area contributed by atoms with Crippen molar-refractivity contribution in [3.05, 3.63) is 18.0 Å². The lowest BCUT2D eigenvalue weighted by molar-refractivity contribution is 0.189. The van der Waals surface area contributed by atoms with Crippen LogP contribution in [-0.2, 0) is 0 Å². The summed E-state index contributed by atoms with van der Waals surface area (Å²) in [5.74, 6) is 0. The summed E-state index contributed by atoms with van der Waals surface area (Å²) in [5.41, 5.74) is 1.18. The highest BCUT2D eigenvalue weighted by atomic mass is 15.2. The van der Waals surface area contributed by atoms with Gasteiger partial charge in [-0.2, -0.15) is 5.10 Å². The molecule has 1 aliphatic rings. The summed E-state index contributed by atoms with van der Waals surface area (Å²) in [7, 11) is 0. The number of unbranched alkanes of at least 4 members (excludes halogenated alkanes) is 1. The minimum Gasteiger partial charge on any atom is -0.306 e. The number of piperidine rings is 1. The molecule has 1 aliphatic heterocycles. The minimum absolute atomic E-state index is 0.375. The largest absolute Gasteiger partial charge is 0.306 e. The quantitative estimate of drug-likeness (QED) is 0.814. The van der Waals surface area contributed by atoms with Gasteiger partial charge in [-0.3, -0.25) is 5.10 Å². The molecule has 1 unspecified atom stereocenters. The van der Waals surface area contributed by atoms with E-state index in [0.717, 1.165) is 0 Å². The van der Waals surface area contributed by atoms with Crippen LogP contribution < -0.4 is 5.32 Å². The molecule has 1 fully saturated rings. The van der Waals surface area contributed by atoms with Crippen molar-refractivity contribution in [3.63, 3.8) is 0 Å². The van der Waals surface area contributed by atoms with Crippen molar-refractivity contribution in [2.75, 3.05) is 19.6 Å². The van der Waals surface area contributed by atoms with Gasteiger partial charge in [0.05, 0.1) is 5.69 Å².